The zero-order valence-corrected chi connectivity index (χ0v) is 15.2. The number of piperidine rings is 1. The molecule has 2 fully saturated rings. The molecule has 4 heteroatoms. The maximum atomic E-state index is 13.1. The summed E-state index contributed by atoms with van der Waals surface area (Å²) in [5.41, 5.74) is 3.54. The molecule has 1 saturated heterocycles. The van der Waals surface area contributed by atoms with Gasteiger partial charge in [0.15, 0.2) is 0 Å². The Morgan fingerprint density at radius 1 is 1.16 bits per heavy atom. The van der Waals surface area contributed by atoms with Crippen LogP contribution in [-0.4, -0.2) is 42.2 Å². The molecule has 25 heavy (non-hydrogen) atoms. The average molecular weight is 340 g/mol. The number of amides is 1. The van der Waals surface area contributed by atoms with E-state index in [-0.39, 0.29) is 5.91 Å². The molecule has 4 rings (SSSR count). The van der Waals surface area contributed by atoms with Gasteiger partial charge in [-0.25, -0.2) is 0 Å². The molecule has 4 nitrogen and oxygen atoms in total. The second-order valence-electron chi connectivity index (χ2n) is 7.45. The molecule has 0 N–H and O–H groups in total. The van der Waals surface area contributed by atoms with Crippen LogP contribution in [0.5, 0.6) is 0 Å². The van der Waals surface area contributed by atoms with Gasteiger partial charge in [-0.1, -0.05) is 24.6 Å². The summed E-state index contributed by atoms with van der Waals surface area (Å²) < 4.78 is 7.56. The zero-order valence-electron chi connectivity index (χ0n) is 15.2. The van der Waals surface area contributed by atoms with E-state index in [1.165, 1.54) is 36.8 Å². The Morgan fingerprint density at radius 3 is 2.64 bits per heavy atom. The van der Waals surface area contributed by atoms with Gasteiger partial charge in [-0.2, -0.15) is 0 Å². The number of nitrogens with zero attached hydrogens (tertiary/aromatic N) is 2. The van der Waals surface area contributed by atoms with Crippen molar-refractivity contribution in [3.63, 3.8) is 0 Å². The van der Waals surface area contributed by atoms with Gasteiger partial charge in [-0.3, -0.25) is 4.79 Å². The molecular weight excluding hydrogens is 312 g/mol. The molecule has 134 valence electrons. The molecule has 0 unspecified atom stereocenters. The van der Waals surface area contributed by atoms with E-state index in [0.29, 0.717) is 12.5 Å². The number of hydrogen-bond donors (Lipinski definition) is 0. The van der Waals surface area contributed by atoms with Crippen LogP contribution in [0.3, 0.4) is 0 Å². The Kier molecular flexibility index (Phi) is 4.80. The number of likely N-dealkylation sites (tertiary alicyclic amines) is 1. The summed E-state index contributed by atoms with van der Waals surface area (Å²) in [6.45, 7) is 3.25. The lowest BCUT2D eigenvalue weighted by molar-refractivity contribution is 0.0726. The molecular formula is C21H28N2O2. The lowest BCUT2D eigenvalue weighted by Gasteiger charge is -2.27. The Bertz CT molecular complexity index is 755. The third-order valence-corrected chi connectivity index (χ3v) is 5.88. The molecule has 1 saturated carbocycles. The molecule has 2 aliphatic rings. The average Bonchev–Trinajstić information content (AvgIpc) is 2.98. The van der Waals surface area contributed by atoms with Crippen molar-refractivity contribution in [2.24, 2.45) is 0 Å². The summed E-state index contributed by atoms with van der Waals surface area (Å²) in [6.07, 6.45) is 9.42. The summed E-state index contributed by atoms with van der Waals surface area (Å²) >= 11 is 0. The molecule has 1 amide bonds. The van der Waals surface area contributed by atoms with E-state index in [2.05, 4.69) is 29.0 Å². The first-order valence-electron chi connectivity index (χ1n) is 9.69. The quantitative estimate of drug-likeness (QED) is 0.818. The topological polar surface area (TPSA) is 34.5 Å². The number of hydrogen-bond acceptors (Lipinski definition) is 2. The highest BCUT2D eigenvalue weighted by Gasteiger charge is 2.27. The number of carbonyl (C=O) groups is 1. The lowest BCUT2D eigenvalue weighted by atomic mass is 9.79. The van der Waals surface area contributed by atoms with Crippen LogP contribution >= 0.6 is 0 Å². The minimum Gasteiger partial charge on any atom is -0.383 e. The molecule has 2 aromatic rings. The molecule has 1 aliphatic heterocycles. The minimum atomic E-state index is 0.201. The summed E-state index contributed by atoms with van der Waals surface area (Å²) in [4.78, 5) is 15.2. The largest absolute Gasteiger partial charge is 0.383 e. The van der Waals surface area contributed by atoms with E-state index >= 15 is 0 Å². The third kappa shape index (κ3) is 3.08. The number of para-hydroxylation sites is 1. The van der Waals surface area contributed by atoms with Crippen molar-refractivity contribution < 1.29 is 9.53 Å². The Balaban J connectivity index is 1.77. The van der Waals surface area contributed by atoms with Gasteiger partial charge in [0.05, 0.1) is 17.7 Å². The number of methoxy groups -OCH3 is 1. The number of aromatic nitrogens is 1. The molecule has 1 aromatic carbocycles. The van der Waals surface area contributed by atoms with Crippen LogP contribution in [0.15, 0.2) is 24.4 Å². The van der Waals surface area contributed by atoms with Gasteiger partial charge in [0, 0.05) is 38.3 Å². The predicted molar refractivity (Wildman–Crippen MR) is 100 cm³/mol. The van der Waals surface area contributed by atoms with Crippen molar-refractivity contribution in [2.75, 3.05) is 26.8 Å². The molecule has 0 spiro atoms. The number of carbonyl (C=O) groups excluding carboxylic acids is 1. The fourth-order valence-corrected chi connectivity index (χ4v) is 4.24. The van der Waals surface area contributed by atoms with Gasteiger partial charge in [0.1, 0.15) is 0 Å². The van der Waals surface area contributed by atoms with Crippen molar-refractivity contribution in [3.8, 4) is 0 Å². The monoisotopic (exact) mass is 340 g/mol. The normalized spacial score (nSPS) is 18.5. The SMILES string of the molecule is COCCn1cc(C(=O)N2CCCCC2)c2cccc(C3CCC3)c21. The smallest absolute Gasteiger partial charge is 0.256 e. The van der Waals surface area contributed by atoms with Crippen LogP contribution in [0.1, 0.15) is 60.4 Å². The van der Waals surface area contributed by atoms with Crippen LogP contribution in [0.25, 0.3) is 10.9 Å². The minimum absolute atomic E-state index is 0.201. The second kappa shape index (κ2) is 7.20. The summed E-state index contributed by atoms with van der Waals surface area (Å²) in [7, 11) is 1.73. The van der Waals surface area contributed by atoms with E-state index in [4.69, 9.17) is 4.74 Å². The number of rotatable bonds is 5. The standard InChI is InChI=1S/C21H28N2O2/c1-25-14-13-23-15-19(21(24)22-11-3-2-4-12-22)18-10-6-9-17(20(18)23)16-7-5-8-16/h6,9-10,15-16H,2-5,7-8,11-14H2,1H3. The first kappa shape index (κ1) is 16.6. The molecule has 0 atom stereocenters. The van der Waals surface area contributed by atoms with Crippen LogP contribution in [0.2, 0.25) is 0 Å². The highest BCUT2D eigenvalue weighted by atomic mass is 16.5. The summed E-state index contributed by atoms with van der Waals surface area (Å²) in [5, 5.41) is 1.12. The maximum Gasteiger partial charge on any atom is 0.256 e. The van der Waals surface area contributed by atoms with E-state index in [9.17, 15) is 4.79 Å². The van der Waals surface area contributed by atoms with Gasteiger partial charge in [0.2, 0.25) is 0 Å². The molecule has 2 heterocycles. The highest BCUT2D eigenvalue weighted by Crippen LogP contribution is 2.40. The first-order chi connectivity index (χ1) is 12.3. The second-order valence-corrected chi connectivity index (χ2v) is 7.45. The summed E-state index contributed by atoms with van der Waals surface area (Å²) in [5.74, 6) is 0.851. The van der Waals surface area contributed by atoms with E-state index in [1.807, 2.05) is 4.90 Å². The third-order valence-electron chi connectivity index (χ3n) is 5.88. The molecule has 0 bridgehead atoms. The fraction of sp³-hybridized carbons (Fsp3) is 0.571. The van der Waals surface area contributed by atoms with Crippen LogP contribution in [-0.2, 0) is 11.3 Å². The fourth-order valence-electron chi connectivity index (χ4n) is 4.24. The Labute approximate surface area is 149 Å². The Hall–Kier alpha value is -1.81. The van der Waals surface area contributed by atoms with E-state index in [1.54, 1.807) is 7.11 Å². The molecule has 1 aromatic heterocycles. The van der Waals surface area contributed by atoms with Gasteiger partial charge in [0.25, 0.3) is 5.91 Å². The van der Waals surface area contributed by atoms with Gasteiger partial charge < -0.3 is 14.2 Å². The predicted octanol–water partition coefficient (Wildman–Crippen LogP) is 4.18. The van der Waals surface area contributed by atoms with Gasteiger partial charge in [-0.15, -0.1) is 0 Å². The van der Waals surface area contributed by atoms with Crippen LogP contribution in [0, 0.1) is 0 Å². The highest BCUT2D eigenvalue weighted by molar-refractivity contribution is 6.07. The van der Waals surface area contributed by atoms with Gasteiger partial charge >= 0.3 is 0 Å². The Morgan fingerprint density at radius 2 is 1.96 bits per heavy atom. The van der Waals surface area contributed by atoms with Gasteiger partial charge in [-0.05, 0) is 43.6 Å². The number of fused-ring (bicyclic) bond motifs is 1. The molecule has 0 radical (unpaired) electrons. The molecule has 1 aliphatic carbocycles. The van der Waals surface area contributed by atoms with Crippen LogP contribution < -0.4 is 0 Å². The van der Waals surface area contributed by atoms with Crippen molar-refractivity contribution in [2.45, 2.75) is 51.0 Å². The maximum absolute atomic E-state index is 13.1. The van der Waals surface area contributed by atoms with Crippen molar-refractivity contribution in [1.82, 2.24) is 9.47 Å². The number of ether oxygens (including phenoxy) is 1. The zero-order chi connectivity index (χ0) is 17.2. The first-order valence-corrected chi connectivity index (χ1v) is 9.69. The van der Waals surface area contributed by atoms with E-state index in [0.717, 1.165) is 43.4 Å². The summed E-state index contributed by atoms with van der Waals surface area (Å²) in [6, 6.07) is 6.51. The van der Waals surface area contributed by atoms with E-state index < -0.39 is 0 Å². The number of benzene rings is 1. The lowest BCUT2D eigenvalue weighted by Crippen LogP contribution is -2.35. The van der Waals surface area contributed by atoms with Crippen molar-refractivity contribution >= 4 is 16.8 Å². The van der Waals surface area contributed by atoms with Crippen LogP contribution in [0.4, 0.5) is 0 Å². The van der Waals surface area contributed by atoms with Crippen molar-refractivity contribution in [3.05, 3.63) is 35.5 Å². The van der Waals surface area contributed by atoms with Crippen molar-refractivity contribution in [1.29, 1.82) is 0 Å².